The first-order valence-electron chi connectivity index (χ1n) is 8.77. The number of aryl methyl sites for hydroxylation is 2. The molecule has 2 aliphatic rings. The number of benzene rings is 1. The van der Waals surface area contributed by atoms with Gasteiger partial charge in [0.15, 0.2) is 0 Å². The molecular formula is C20H24N2O2. The van der Waals surface area contributed by atoms with Crippen LogP contribution in [0.4, 0.5) is 0 Å². The molecule has 2 amide bonds. The summed E-state index contributed by atoms with van der Waals surface area (Å²) in [5.74, 6) is 5.20. The highest BCUT2D eigenvalue weighted by Crippen LogP contribution is 2.35. The van der Waals surface area contributed by atoms with Crippen molar-refractivity contribution in [1.29, 1.82) is 0 Å². The van der Waals surface area contributed by atoms with Gasteiger partial charge in [0, 0.05) is 18.7 Å². The van der Waals surface area contributed by atoms with Crippen molar-refractivity contribution in [3.05, 3.63) is 34.4 Å². The monoisotopic (exact) mass is 324 g/mol. The molecule has 4 heteroatoms. The second-order valence-corrected chi connectivity index (χ2v) is 6.51. The number of carbonyl (C=O) groups excluding carboxylic acids is 2. The summed E-state index contributed by atoms with van der Waals surface area (Å²) in [6, 6.07) is 4.02. The lowest BCUT2D eigenvalue weighted by Crippen LogP contribution is -2.40. The van der Waals surface area contributed by atoms with Crippen LogP contribution in [-0.2, 0) is 16.0 Å². The van der Waals surface area contributed by atoms with E-state index in [4.69, 9.17) is 0 Å². The molecule has 126 valence electrons. The molecule has 2 saturated heterocycles. The van der Waals surface area contributed by atoms with E-state index in [1.807, 2.05) is 26.0 Å². The van der Waals surface area contributed by atoms with Crippen molar-refractivity contribution in [2.45, 2.75) is 52.4 Å². The summed E-state index contributed by atoms with van der Waals surface area (Å²) in [5.41, 5.74) is 3.88. The lowest BCUT2D eigenvalue weighted by Gasteiger charge is -2.24. The van der Waals surface area contributed by atoms with Crippen LogP contribution in [0.25, 0.3) is 0 Å². The van der Waals surface area contributed by atoms with E-state index < -0.39 is 5.92 Å². The first-order chi connectivity index (χ1) is 11.6. The summed E-state index contributed by atoms with van der Waals surface area (Å²) >= 11 is 0. The first kappa shape index (κ1) is 16.6. The van der Waals surface area contributed by atoms with E-state index in [0.29, 0.717) is 13.1 Å². The molecule has 0 unspecified atom stereocenters. The van der Waals surface area contributed by atoms with Crippen molar-refractivity contribution in [3.63, 3.8) is 0 Å². The zero-order valence-corrected chi connectivity index (χ0v) is 14.7. The lowest BCUT2D eigenvalue weighted by molar-refractivity contribution is -0.145. The molecule has 0 N–H and O–H groups in total. The van der Waals surface area contributed by atoms with E-state index in [1.54, 1.807) is 10.0 Å². The van der Waals surface area contributed by atoms with E-state index >= 15 is 0 Å². The van der Waals surface area contributed by atoms with Gasteiger partial charge in [-0.15, -0.1) is 5.92 Å². The minimum absolute atomic E-state index is 0.0611. The number of nitrogens with zero attached hydrogens (tertiary/aromatic N) is 2. The lowest BCUT2D eigenvalue weighted by atomic mass is 9.87. The topological polar surface area (TPSA) is 40.6 Å². The number of amides is 2. The predicted octanol–water partition coefficient (Wildman–Crippen LogP) is 2.78. The Labute approximate surface area is 143 Å². The molecule has 1 aromatic rings. The third-order valence-electron chi connectivity index (χ3n) is 4.95. The van der Waals surface area contributed by atoms with Gasteiger partial charge in [0.2, 0.25) is 0 Å². The maximum absolute atomic E-state index is 13.0. The number of hydrazine groups is 1. The Morgan fingerprint density at radius 1 is 1.08 bits per heavy atom. The first-order valence-corrected chi connectivity index (χ1v) is 8.77. The van der Waals surface area contributed by atoms with E-state index in [9.17, 15) is 9.59 Å². The third kappa shape index (κ3) is 2.69. The molecule has 0 bridgehead atoms. The molecule has 0 spiro atoms. The Kier molecular flexibility index (Phi) is 4.62. The molecule has 0 radical (unpaired) electrons. The average Bonchev–Trinajstić information content (AvgIpc) is 2.75. The number of hydrogen-bond donors (Lipinski definition) is 0. The van der Waals surface area contributed by atoms with E-state index in [-0.39, 0.29) is 11.8 Å². The molecular weight excluding hydrogens is 300 g/mol. The Bertz CT molecular complexity index is 718. The van der Waals surface area contributed by atoms with E-state index in [2.05, 4.69) is 18.8 Å². The normalized spacial score (nSPS) is 18.3. The maximum Gasteiger partial charge on any atom is 0.258 e. The van der Waals surface area contributed by atoms with E-state index in [0.717, 1.165) is 47.9 Å². The summed E-state index contributed by atoms with van der Waals surface area (Å²) in [6.45, 7) is 7.16. The Hall–Kier alpha value is -2.28. The van der Waals surface area contributed by atoms with Gasteiger partial charge in [-0.05, 0) is 68.4 Å². The Morgan fingerprint density at radius 3 is 2.25 bits per heavy atom. The van der Waals surface area contributed by atoms with Crippen molar-refractivity contribution in [2.24, 2.45) is 0 Å². The van der Waals surface area contributed by atoms with Gasteiger partial charge in [0.05, 0.1) is 0 Å². The molecule has 1 aromatic carbocycles. The molecule has 24 heavy (non-hydrogen) atoms. The van der Waals surface area contributed by atoms with Gasteiger partial charge < -0.3 is 0 Å². The van der Waals surface area contributed by atoms with Crippen LogP contribution in [0.15, 0.2) is 12.1 Å². The van der Waals surface area contributed by atoms with Gasteiger partial charge in [-0.3, -0.25) is 19.6 Å². The molecule has 2 aliphatic heterocycles. The van der Waals surface area contributed by atoms with E-state index in [1.165, 1.54) is 0 Å². The van der Waals surface area contributed by atoms with Crippen LogP contribution in [0.2, 0.25) is 0 Å². The van der Waals surface area contributed by atoms with Gasteiger partial charge >= 0.3 is 0 Å². The van der Waals surface area contributed by atoms with Crippen LogP contribution in [-0.4, -0.2) is 34.9 Å². The van der Waals surface area contributed by atoms with Crippen LogP contribution in [0, 0.1) is 18.8 Å². The Morgan fingerprint density at radius 2 is 1.71 bits per heavy atom. The van der Waals surface area contributed by atoms with Crippen LogP contribution in [0.3, 0.4) is 0 Å². The van der Waals surface area contributed by atoms with Gasteiger partial charge in [-0.2, -0.15) is 0 Å². The second kappa shape index (κ2) is 6.68. The number of fused-ring (bicyclic) bond motifs is 1. The molecule has 2 heterocycles. The fraction of sp³-hybridized carbons (Fsp3) is 0.500. The van der Waals surface area contributed by atoms with Crippen molar-refractivity contribution < 1.29 is 9.59 Å². The fourth-order valence-corrected chi connectivity index (χ4v) is 3.84. The quantitative estimate of drug-likeness (QED) is 0.620. The minimum Gasteiger partial charge on any atom is -0.272 e. The zero-order chi connectivity index (χ0) is 17.3. The highest BCUT2D eigenvalue weighted by Gasteiger charge is 2.47. The van der Waals surface area contributed by atoms with Gasteiger partial charge in [0.25, 0.3) is 11.8 Å². The van der Waals surface area contributed by atoms with Crippen molar-refractivity contribution in [2.75, 3.05) is 13.1 Å². The zero-order valence-electron chi connectivity index (χ0n) is 14.7. The van der Waals surface area contributed by atoms with Crippen LogP contribution in [0.5, 0.6) is 0 Å². The number of hydrogen-bond acceptors (Lipinski definition) is 2. The number of carbonyl (C=O) groups is 2. The van der Waals surface area contributed by atoms with Gasteiger partial charge in [-0.25, -0.2) is 0 Å². The second-order valence-electron chi connectivity index (χ2n) is 6.51. The summed E-state index contributed by atoms with van der Waals surface area (Å²) in [5, 5.41) is 3.36. The summed E-state index contributed by atoms with van der Waals surface area (Å²) in [7, 11) is 0. The van der Waals surface area contributed by atoms with Gasteiger partial charge in [0.1, 0.15) is 5.92 Å². The highest BCUT2D eigenvalue weighted by atomic mass is 16.2. The molecule has 0 saturated carbocycles. The Balaban J connectivity index is 2.06. The summed E-state index contributed by atoms with van der Waals surface area (Å²) < 4.78 is 0. The minimum atomic E-state index is -0.679. The standard InChI is InChI=1S/C20H24N2O2/c1-4-9-15-12-14(3)17(16(5-2)13-15)18-19(23)21-10-7-6-8-11-22(21)20(18)24/h12-13,18H,5-8,10-11H2,1-3H3. The molecule has 0 aromatic heterocycles. The maximum atomic E-state index is 13.0. The SMILES string of the molecule is CC#Cc1cc(C)c(C2C(=O)N3CCCCCN3C2=O)c(CC)c1. The summed E-state index contributed by atoms with van der Waals surface area (Å²) in [4.78, 5) is 25.9. The number of rotatable bonds is 2. The largest absolute Gasteiger partial charge is 0.272 e. The van der Waals surface area contributed by atoms with Gasteiger partial charge in [-0.1, -0.05) is 12.8 Å². The van der Waals surface area contributed by atoms with Crippen LogP contribution >= 0.6 is 0 Å². The molecule has 0 atom stereocenters. The summed E-state index contributed by atoms with van der Waals surface area (Å²) in [6.07, 6.45) is 3.79. The third-order valence-corrected chi connectivity index (χ3v) is 4.95. The smallest absolute Gasteiger partial charge is 0.258 e. The predicted molar refractivity (Wildman–Crippen MR) is 93.1 cm³/mol. The molecule has 4 nitrogen and oxygen atoms in total. The van der Waals surface area contributed by atoms with Crippen LogP contribution < -0.4 is 0 Å². The van der Waals surface area contributed by atoms with Crippen molar-refractivity contribution in [1.82, 2.24) is 10.0 Å². The average molecular weight is 324 g/mol. The van der Waals surface area contributed by atoms with Crippen molar-refractivity contribution in [3.8, 4) is 11.8 Å². The fourth-order valence-electron chi connectivity index (χ4n) is 3.84. The highest BCUT2D eigenvalue weighted by molar-refractivity contribution is 6.10. The molecule has 2 fully saturated rings. The molecule has 3 rings (SSSR count). The van der Waals surface area contributed by atoms with Crippen molar-refractivity contribution >= 4 is 11.8 Å². The molecule has 0 aliphatic carbocycles. The van der Waals surface area contributed by atoms with Crippen LogP contribution in [0.1, 0.15) is 61.3 Å².